The van der Waals surface area contributed by atoms with E-state index < -0.39 is 0 Å². The molecule has 2 fully saturated rings. The molecular weight excluding hydrogens is 226 g/mol. The van der Waals surface area contributed by atoms with E-state index in [-0.39, 0.29) is 24.3 Å². The average Bonchev–Trinajstić information content (AvgIpc) is 2.77. The first-order valence-corrected chi connectivity index (χ1v) is 6.85. The first-order valence-electron chi connectivity index (χ1n) is 6.85. The minimum absolute atomic E-state index is 0.0894. The van der Waals surface area contributed by atoms with Gasteiger partial charge in [0, 0.05) is 12.0 Å². The number of hydrogen-bond donors (Lipinski definition) is 1. The van der Waals surface area contributed by atoms with Crippen molar-refractivity contribution >= 4 is 0 Å². The van der Waals surface area contributed by atoms with Crippen molar-refractivity contribution in [2.24, 2.45) is 0 Å². The predicted molar refractivity (Wildman–Crippen MR) is 69.9 cm³/mol. The maximum atomic E-state index is 9.49. The van der Waals surface area contributed by atoms with E-state index in [1.54, 1.807) is 0 Å². The summed E-state index contributed by atoms with van der Waals surface area (Å²) in [6.07, 6.45) is 4.54. The SMILES string of the molecule is C[C@@]12CCC[C@@H](CO)N1O[C@@H](c1ccccc1)C2. The molecule has 0 aromatic heterocycles. The number of benzene rings is 1. The van der Waals surface area contributed by atoms with E-state index in [0.29, 0.717) is 0 Å². The van der Waals surface area contributed by atoms with Crippen LogP contribution in [0.4, 0.5) is 0 Å². The molecule has 2 aliphatic rings. The number of fused-ring (bicyclic) bond motifs is 1. The molecule has 2 saturated heterocycles. The molecule has 0 spiro atoms. The van der Waals surface area contributed by atoms with Crippen LogP contribution >= 0.6 is 0 Å². The van der Waals surface area contributed by atoms with Crippen molar-refractivity contribution in [3.8, 4) is 0 Å². The van der Waals surface area contributed by atoms with Gasteiger partial charge in [-0.05, 0) is 31.7 Å². The standard InChI is InChI=1S/C15H21NO2/c1-15-9-5-8-13(11-17)16(15)18-14(10-15)12-6-3-2-4-7-12/h2-4,6-7,13-14,17H,5,8-11H2,1H3/t13-,14+,15-/m0/s1. The summed E-state index contributed by atoms with van der Waals surface area (Å²) in [5.41, 5.74) is 1.33. The Bertz CT molecular complexity index is 408. The zero-order valence-electron chi connectivity index (χ0n) is 10.9. The van der Waals surface area contributed by atoms with Crippen LogP contribution in [0.2, 0.25) is 0 Å². The monoisotopic (exact) mass is 247 g/mol. The van der Waals surface area contributed by atoms with E-state index in [0.717, 1.165) is 19.3 Å². The lowest BCUT2D eigenvalue weighted by atomic mass is 9.83. The van der Waals surface area contributed by atoms with Gasteiger partial charge >= 0.3 is 0 Å². The summed E-state index contributed by atoms with van der Waals surface area (Å²) in [7, 11) is 0. The van der Waals surface area contributed by atoms with Crippen LogP contribution < -0.4 is 0 Å². The molecule has 0 saturated carbocycles. The Balaban J connectivity index is 1.83. The maximum absolute atomic E-state index is 9.49. The fourth-order valence-electron chi connectivity index (χ4n) is 3.38. The van der Waals surface area contributed by atoms with E-state index in [1.807, 2.05) is 6.07 Å². The first kappa shape index (κ1) is 12.2. The zero-order chi connectivity index (χ0) is 12.6. The highest BCUT2D eigenvalue weighted by Gasteiger charge is 2.48. The molecule has 0 aliphatic carbocycles. The van der Waals surface area contributed by atoms with Crippen LogP contribution in [-0.2, 0) is 4.84 Å². The Hall–Kier alpha value is -0.900. The lowest BCUT2D eigenvalue weighted by Gasteiger charge is -2.42. The van der Waals surface area contributed by atoms with Gasteiger partial charge < -0.3 is 5.11 Å². The molecule has 2 aliphatic heterocycles. The molecule has 1 aromatic rings. The van der Waals surface area contributed by atoms with Gasteiger partial charge in [-0.25, -0.2) is 0 Å². The summed E-state index contributed by atoms with van der Waals surface area (Å²) in [5.74, 6) is 0. The van der Waals surface area contributed by atoms with Crippen LogP contribution in [0.25, 0.3) is 0 Å². The predicted octanol–water partition coefficient (Wildman–Crippen LogP) is 2.67. The van der Waals surface area contributed by atoms with Gasteiger partial charge in [-0.1, -0.05) is 30.3 Å². The average molecular weight is 247 g/mol. The van der Waals surface area contributed by atoms with E-state index in [4.69, 9.17) is 4.84 Å². The second-order valence-corrected chi connectivity index (χ2v) is 5.76. The minimum atomic E-state index is 0.0894. The second-order valence-electron chi connectivity index (χ2n) is 5.76. The fraction of sp³-hybridized carbons (Fsp3) is 0.600. The van der Waals surface area contributed by atoms with Crippen LogP contribution in [0.5, 0.6) is 0 Å². The van der Waals surface area contributed by atoms with Crippen molar-refractivity contribution < 1.29 is 9.94 Å². The van der Waals surface area contributed by atoms with Gasteiger partial charge in [0.05, 0.1) is 12.6 Å². The fourth-order valence-corrected chi connectivity index (χ4v) is 3.38. The largest absolute Gasteiger partial charge is 0.395 e. The Kier molecular flexibility index (Phi) is 3.14. The first-order chi connectivity index (χ1) is 8.73. The van der Waals surface area contributed by atoms with Gasteiger partial charge in [0.15, 0.2) is 0 Å². The molecule has 3 heteroatoms. The number of hydroxylamine groups is 2. The van der Waals surface area contributed by atoms with Crippen LogP contribution in [0, 0.1) is 0 Å². The van der Waals surface area contributed by atoms with Gasteiger partial charge in [-0.2, -0.15) is 5.06 Å². The number of nitrogens with zero attached hydrogens (tertiary/aromatic N) is 1. The third-order valence-electron chi connectivity index (χ3n) is 4.36. The number of aliphatic hydroxyl groups is 1. The molecule has 0 amide bonds. The molecular formula is C15H21NO2. The highest BCUT2D eigenvalue weighted by atomic mass is 16.7. The molecule has 3 nitrogen and oxygen atoms in total. The molecule has 98 valence electrons. The van der Waals surface area contributed by atoms with Gasteiger partial charge in [0.2, 0.25) is 0 Å². The van der Waals surface area contributed by atoms with Crippen molar-refractivity contribution in [3.63, 3.8) is 0 Å². The van der Waals surface area contributed by atoms with Crippen molar-refractivity contribution in [1.29, 1.82) is 0 Å². The summed E-state index contributed by atoms with van der Waals surface area (Å²) >= 11 is 0. The Morgan fingerprint density at radius 1 is 1.39 bits per heavy atom. The molecule has 3 rings (SSSR count). The number of piperidine rings is 1. The van der Waals surface area contributed by atoms with Crippen LogP contribution in [0.3, 0.4) is 0 Å². The van der Waals surface area contributed by atoms with Crippen LogP contribution in [-0.4, -0.2) is 28.4 Å². The summed E-state index contributed by atoms with van der Waals surface area (Å²) in [4.78, 5) is 6.13. The lowest BCUT2D eigenvalue weighted by molar-refractivity contribution is -0.231. The summed E-state index contributed by atoms with van der Waals surface area (Å²) in [5, 5.41) is 11.6. The van der Waals surface area contributed by atoms with Gasteiger partial charge in [-0.15, -0.1) is 0 Å². The van der Waals surface area contributed by atoms with Gasteiger partial charge in [0.1, 0.15) is 6.10 Å². The number of rotatable bonds is 2. The number of hydrogen-bond acceptors (Lipinski definition) is 3. The smallest absolute Gasteiger partial charge is 0.106 e. The molecule has 2 heterocycles. The molecule has 0 unspecified atom stereocenters. The van der Waals surface area contributed by atoms with Crippen molar-refractivity contribution in [2.75, 3.05) is 6.61 Å². The Labute approximate surface area is 108 Å². The van der Waals surface area contributed by atoms with Gasteiger partial charge in [0.25, 0.3) is 0 Å². The van der Waals surface area contributed by atoms with E-state index >= 15 is 0 Å². The molecule has 0 bridgehead atoms. The highest BCUT2D eigenvalue weighted by molar-refractivity contribution is 5.19. The van der Waals surface area contributed by atoms with E-state index in [9.17, 15) is 5.11 Å². The van der Waals surface area contributed by atoms with E-state index in [2.05, 4.69) is 36.3 Å². The van der Waals surface area contributed by atoms with E-state index in [1.165, 1.54) is 12.0 Å². The van der Waals surface area contributed by atoms with Crippen molar-refractivity contribution in [3.05, 3.63) is 35.9 Å². The zero-order valence-corrected chi connectivity index (χ0v) is 10.9. The molecule has 18 heavy (non-hydrogen) atoms. The summed E-state index contributed by atoms with van der Waals surface area (Å²) in [6.45, 7) is 2.45. The lowest BCUT2D eigenvalue weighted by Crippen LogP contribution is -2.51. The molecule has 3 atom stereocenters. The summed E-state index contributed by atoms with van der Waals surface area (Å²) < 4.78 is 0. The Morgan fingerprint density at radius 3 is 2.89 bits per heavy atom. The van der Waals surface area contributed by atoms with Gasteiger partial charge in [-0.3, -0.25) is 4.84 Å². The molecule has 1 N–H and O–H groups in total. The minimum Gasteiger partial charge on any atom is -0.395 e. The van der Waals surface area contributed by atoms with Crippen molar-refractivity contribution in [2.45, 2.75) is 50.3 Å². The Morgan fingerprint density at radius 2 is 2.17 bits per heavy atom. The van der Waals surface area contributed by atoms with Crippen molar-refractivity contribution in [1.82, 2.24) is 5.06 Å². The number of aliphatic hydroxyl groups excluding tert-OH is 1. The molecule has 0 radical (unpaired) electrons. The quantitative estimate of drug-likeness (QED) is 0.872. The topological polar surface area (TPSA) is 32.7 Å². The van der Waals surface area contributed by atoms with Crippen LogP contribution in [0.1, 0.15) is 44.3 Å². The summed E-state index contributed by atoms with van der Waals surface area (Å²) in [6, 6.07) is 10.6. The maximum Gasteiger partial charge on any atom is 0.106 e. The second kappa shape index (κ2) is 4.65. The molecule has 1 aromatic carbocycles. The third kappa shape index (κ3) is 1.96. The highest BCUT2D eigenvalue weighted by Crippen LogP contribution is 2.46. The normalized spacial score (nSPS) is 36.6. The van der Waals surface area contributed by atoms with Crippen LogP contribution in [0.15, 0.2) is 30.3 Å². The third-order valence-corrected chi connectivity index (χ3v) is 4.36.